The van der Waals surface area contributed by atoms with E-state index in [2.05, 4.69) is 64.1 Å². The smallest absolute Gasteiger partial charge is 0.237 e. The first-order chi connectivity index (χ1) is 18.9. The molecule has 0 saturated heterocycles. The molecule has 2 N–H and O–H groups in total. The number of amides is 2. The van der Waals surface area contributed by atoms with Gasteiger partial charge in [-0.3, -0.25) is 14.5 Å². The van der Waals surface area contributed by atoms with Crippen LogP contribution < -0.4 is 15.5 Å². The third kappa shape index (κ3) is 8.22. The van der Waals surface area contributed by atoms with Gasteiger partial charge in [-0.1, -0.05) is 59.8 Å². The molecule has 7 nitrogen and oxygen atoms in total. The number of hydrogen-bond acceptors (Lipinski definition) is 6. The number of likely N-dealkylation sites (N-methyl/N-ethyl adjacent to an activating group) is 1. The second-order valence-corrected chi connectivity index (χ2v) is 10.9. The predicted octanol–water partition coefficient (Wildman–Crippen LogP) is 5.10. The zero-order valence-electron chi connectivity index (χ0n) is 22.4. The van der Waals surface area contributed by atoms with E-state index in [-0.39, 0.29) is 11.8 Å². The molecule has 0 radical (unpaired) electrons. The Hall–Kier alpha value is -3.04. The summed E-state index contributed by atoms with van der Waals surface area (Å²) in [6, 6.07) is 23.9. The Morgan fingerprint density at radius 2 is 1.59 bits per heavy atom. The van der Waals surface area contributed by atoms with E-state index in [1.807, 2.05) is 24.1 Å². The molecule has 39 heavy (non-hydrogen) atoms. The maximum absolute atomic E-state index is 13.1. The van der Waals surface area contributed by atoms with Gasteiger partial charge in [-0.25, -0.2) is 0 Å². The summed E-state index contributed by atoms with van der Waals surface area (Å²) in [5, 5.41) is 6.47. The summed E-state index contributed by atoms with van der Waals surface area (Å²) in [7, 11) is 1.91. The minimum Gasteiger partial charge on any atom is -0.378 e. The van der Waals surface area contributed by atoms with Gasteiger partial charge in [-0.15, -0.1) is 0 Å². The molecule has 0 bridgehead atoms. The third-order valence-corrected chi connectivity index (χ3v) is 7.97. The molecule has 9 heteroatoms. The van der Waals surface area contributed by atoms with Gasteiger partial charge in [0.05, 0.1) is 30.6 Å². The number of ether oxygens (including phenoxy) is 1. The zero-order chi connectivity index (χ0) is 27.6. The number of halogens is 1. The van der Waals surface area contributed by atoms with Crippen molar-refractivity contribution in [2.24, 2.45) is 0 Å². The van der Waals surface area contributed by atoms with Crippen LogP contribution in [0.15, 0.2) is 82.6 Å². The lowest BCUT2D eigenvalue weighted by atomic mass is 10.1. The topological polar surface area (TPSA) is 73.9 Å². The fraction of sp³-hybridized carbons (Fsp3) is 0.333. The van der Waals surface area contributed by atoms with Crippen LogP contribution in [0.4, 0.5) is 11.4 Å². The molecule has 3 aromatic rings. The lowest BCUT2D eigenvalue weighted by Crippen LogP contribution is -2.47. The predicted molar refractivity (Wildman–Crippen MR) is 158 cm³/mol. The number of benzene rings is 3. The molecule has 1 heterocycles. The van der Waals surface area contributed by atoms with E-state index >= 15 is 0 Å². The monoisotopic (exact) mass is 566 g/mol. The van der Waals surface area contributed by atoms with E-state index in [0.29, 0.717) is 44.3 Å². The number of fused-ring (bicyclic) bond motifs is 2. The molecule has 1 aliphatic rings. The summed E-state index contributed by atoms with van der Waals surface area (Å²) in [4.78, 5) is 31.2. The molecule has 2 amide bonds. The van der Waals surface area contributed by atoms with Crippen molar-refractivity contribution in [1.82, 2.24) is 15.5 Å². The molecule has 4 rings (SSSR count). The van der Waals surface area contributed by atoms with Gasteiger partial charge < -0.3 is 20.3 Å². The van der Waals surface area contributed by atoms with Crippen LogP contribution in [-0.2, 0) is 20.9 Å². The lowest BCUT2D eigenvalue weighted by Gasteiger charge is -2.32. The van der Waals surface area contributed by atoms with Crippen molar-refractivity contribution in [3.8, 4) is 0 Å². The third-order valence-electron chi connectivity index (χ3n) is 6.59. The first-order valence-electron chi connectivity index (χ1n) is 13.1. The Bertz CT molecular complexity index is 1210. The molecule has 206 valence electrons. The average molecular weight is 567 g/mol. The van der Waals surface area contributed by atoms with Crippen molar-refractivity contribution < 1.29 is 14.3 Å². The van der Waals surface area contributed by atoms with Crippen LogP contribution in [0.2, 0.25) is 5.02 Å². The number of nitrogens with one attached hydrogen (secondary N) is 2. The maximum Gasteiger partial charge on any atom is 0.237 e. The van der Waals surface area contributed by atoms with Crippen LogP contribution in [0, 0.1) is 0 Å². The largest absolute Gasteiger partial charge is 0.378 e. The highest BCUT2D eigenvalue weighted by Crippen LogP contribution is 2.47. The Kier molecular flexibility index (Phi) is 10.7. The molecule has 1 unspecified atom stereocenters. The molecule has 0 aliphatic carbocycles. The van der Waals surface area contributed by atoms with Crippen LogP contribution in [0.3, 0.4) is 0 Å². The summed E-state index contributed by atoms with van der Waals surface area (Å²) in [5.74, 6) is -0.197. The van der Waals surface area contributed by atoms with Gasteiger partial charge in [0.1, 0.15) is 0 Å². The Morgan fingerprint density at radius 3 is 2.23 bits per heavy atom. The van der Waals surface area contributed by atoms with Crippen LogP contribution in [0.25, 0.3) is 0 Å². The van der Waals surface area contributed by atoms with Crippen molar-refractivity contribution in [1.29, 1.82) is 0 Å². The summed E-state index contributed by atoms with van der Waals surface area (Å²) in [6.07, 6.45) is 0.502. The molecular formula is C30H35ClN4O3S. The first-order valence-corrected chi connectivity index (χ1v) is 14.3. The number of carbonyl (C=O) groups is 2. The van der Waals surface area contributed by atoms with Gasteiger partial charge in [-0.2, -0.15) is 0 Å². The van der Waals surface area contributed by atoms with E-state index in [9.17, 15) is 9.59 Å². The molecule has 0 fully saturated rings. The van der Waals surface area contributed by atoms with Gasteiger partial charge in [0.15, 0.2) is 0 Å². The number of carbonyl (C=O) groups excluding carboxylic acids is 2. The Labute approximate surface area is 239 Å². The molecule has 0 aromatic heterocycles. The zero-order valence-corrected chi connectivity index (χ0v) is 23.9. The molecular weight excluding hydrogens is 532 g/mol. The fourth-order valence-corrected chi connectivity index (χ4v) is 5.71. The van der Waals surface area contributed by atoms with E-state index in [1.54, 1.807) is 23.9 Å². The van der Waals surface area contributed by atoms with E-state index in [1.165, 1.54) is 28.1 Å². The minimum absolute atomic E-state index is 0.0863. The average Bonchev–Trinajstić information content (AvgIpc) is 2.94. The van der Waals surface area contributed by atoms with Gasteiger partial charge in [0.2, 0.25) is 11.8 Å². The number of rotatable bonds is 13. The highest BCUT2D eigenvalue weighted by atomic mass is 35.5. The van der Waals surface area contributed by atoms with E-state index in [4.69, 9.17) is 16.3 Å². The number of hydrogen-bond donors (Lipinski definition) is 2. The Morgan fingerprint density at radius 1 is 0.949 bits per heavy atom. The molecule has 0 spiro atoms. The summed E-state index contributed by atoms with van der Waals surface area (Å²) < 4.78 is 6.05. The lowest BCUT2D eigenvalue weighted by molar-refractivity contribution is -0.127. The minimum atomic E-state index is -0.398. The SMILES string of the molecule is CC(=O)NCCC(C(=O)NCc1ccc(Cl)cc1)N(C)CCOCCN1c2ccccc2Sc2ccccc21. The van der Waals surface area contributed by atoms with Crippen LogP contribution in [-0.4, -0.2) is 62.7 Å². The highest BCUT2D eigenvalue weighted by molar-refractivity contribution is 7.99. The van der Waals surface area contributed by atoms with Crippen molar-refractivity contribution in [2.75, 3.05) is 44.8 Å². The second-order valence-electron chi connectivity index (χ2n) is 9.41. The summed E-state index contributed by atoms with van der Waals surface area (Å²) in [6.45, 7) is 4.67. The number of para-hydroxylation sites is 2. The Balaban J connectivity index is 1.29. The van der Waals surface area contributed by atoms with Crippen molar-refractivity contribution in [3.63, 3.8) is 0 Å². The van der Waals surface area contributed by atoms with E-state index in [0.717, 1.165) is 12.1 Å². The van der Waals surface area contributed by atoms with Gasteiger partial charge in [-0.05, 0) is 55.4 Å². The summed E-state index contributed by atoms with van der Waals surface area (Å²) >= 11 is 7.76. The molecule has 1 aliphatic heterocycles. The highest BCUT2D eigenvalue weighted by Gasteiger charge is 2.24. The summed E-state index contributed by atoms with van der Waals surface area (Å²) in [5.41, 5.74) is 3.35. The normalized spacial score (nSPS) is 13.0. The van der Waals surface area contributed by atoms with Crippen molar-refractivity contribution in [3.05, 3.63) is 83.4 Å². The van der Waals surface area contributed by atoms with Crippen LogP contribution in [0.5, 0.6) is 0 Å². The molecule has 0 saturated carbocycles. The number of nitrogens with zero attached hydrogens (tertiary/aromatic N) is 2. The van der Waals surface area contributed by atoms with Crippen LogP contribution in [0.1, 0.15) is 18.9 Å². The standard InChI is InChI=1S/C30H35ClN4O3S/c1-22(36)32-16-15-27(30(37)33-21-23-11-13-24(31)14-12-23)34(2)17-19-38-20-18-35-25-7-3-5-9-28(25)39-29-10-6-4-8-26(29)35/h3-14,27H,15-21H2,1-2H3,(H,32,36)(H,33,37). The molecule has 1 atom stereocenters. The van der Waals surface area contributed by atoms with E-state index < -0.39 is 6.04 Å². The fourth-order valence-electron chi connectivity index (χ4n) is 4.49. The maximum atomic E-state index is 13.1. The van der Waals surface area contributed by atoms with Gasteiger partial charge >= 0.3 is 0 Å². The molecule has 3 aromatic carbocycles. The first kappa shape index (κ1) is 29.0. The van der Waals surface area contributed by atoms with Crippen LogP contribution >= 0.6 is 23.4 Å². The second kappa shape index (κ2) is 14.4. The van der Waals surface area contributed by atoms with Crippen molar-refractivity contribution >= 4 is 46.6 Å². The van der Waals surface area contributed by atoms with Gasteiger partial charge in [0.25, 0.3) is 0 Å². The van der Waals surface area contributed by atoms with Gasteiger partial charge in [0, 0.05) is 47.9 Å². The number of anilines is 2. The quantitative estimate of drug-likeness (QED) is 0.280. The van der Waals surface area contributed by atoms with Crippen molar-refractivity contribution in [2.45, 2.75) is 35.7 Å².